The Hall–Kier alpha value is 0.130. The van der Waals surface area contributed by atoms with Crippen LogP contribution in [0, 0.1) is 0 Å². The van der Waals surface area contributed by atoms with E-state index in [9.17, 15) is 10.2 Å². The zero-order valence-corrected chi connectivity index (χ0v) is 8.76. The number of rotatable bonds is 3. The number of aliphatic hydroxyl groups excluding tert-OH is 2. The number of piperazine rings is 1. The summed E-state index contributed by atoms with van der Waals surface area (Å²) in [6.07, 6.45) is -0.689. The lowest BCUT2D eigenvalue weighted by molar-refractivity contribution is -0.0874. The summed E-state index contributed by atoms with van der Waals surface area (Å²) in [6.45, 7) is 5.30. The molecule has 5 heteroatoms. The minimum Gasteiger partial charge on any atom is -0.389 e. The second-order valence-electron chi connectivity index (χ2n) is 3.18. The van der Waals surface area contributed by atoms with Gasteiger partial charge in [0.2, 0.25) is 0 Å². The summed E-state index contributed by atoms with van der Waals surface area (Å²) in [5.41, 5.74) is 0. The van der Waals surface area contributed by atoms with Crippen molar-refractivity contribution < 1.29 is 10.2 Å². The Bertz CT molecular complexity index is 131. The van der Waals surface area contributed by atoms with Crippen LogP contribution in [0.4, 0.5) is 0 Å². The van der Waals surface area contributed by atoms with Crippen LogP contribution in [-0.2, 0) is 0 Å². The molecule has 1 heterocycles. The molecule has 0 aromatic carbocycles. The van der Waals surface area contributed by atoms with Gasteiger partial charge in [-0.3, -0.25) is 4.90 Å². The Kier molecular flexibility index (Phi) is 6.63. The first-order chi connectivity index (χ1) is 5.75. The van der Waals surface area contributed by atoms with Gasteiger partial charge in [-0.05, 0) is 6.42 Å². The SMILES string of the molecule is CCC(O)C(O)N1CCNCC1.Cl. The summed E-state index contributed by atoms with van der Waals surface area (Å²) in [6, 6.07) is 0. The minimum absolute atomic E-state index is 0. The molecule has 1 rings (SSSR count). The van der Waals surface area contributed by atoms with Gasteiger partial charge in [0.05, 0.1) is 6.10 Å². The summed E-state index contributed by atoms with van der Waals surface area (Å²) >= 11 is 0. The zero-order valence-electron chi connectivity index (χ0n) is 7.94. The number of hydrogen-bond donors (Lipinski definition) is 3. The quantitative estimate of drug-likeness (QED) is 0.583. The normalized spacial score (nSPS) is 23.3. The summed E-state index contributed by atoms with van der Waals surface area (Å²) in [5, 5.41) is 22.1. The maximum absolute atomic E-state index is 9.59. The van der Waals surface area contributed by atoms with Crippen LogP contribution in [0.25, 0.3) is 0 Å². The van der Waals surface area contributed by atoms with Crippen LogP contribution < -0.4 is 5.32 Å². The van der Waals surface area contributed by atoms with Gasteiger partial charge < -0.3 is 15.5 Å². The molecule has 3 N–H and O–H groups in total. The van der Waals surface area contributed by atoms with E-state index in [4.69, 9.17) is 0 Å². The largest absolute Gasteiger partial charge is 0.389 e. The highest BCUT2D eigenvalue weighted by molar-refractivity contribution is 5.85. The van der Waals surface area contributed by atoms with Gasteiger partial charge in [-0.1, -0.05) is 6.92 Å². The van der Waals surface area contributed by atoms with Crippen LogP contribution in [0.5, 0.6) is 0 Å². The fourth-order valence-electron chi connectivity index (χ4n) is 1.40. The van der Waals surface area contributed by atoms with Crippen LogP contribution in [0.2, 0.25) is 0 Å². The number of nitrogens with zero attached hydrogens (tertiary/aromatic N) is 1. The van der Waals surface area contributed by atoms with Crippen molar-refractivity contribution in [2.45, 2.75) is 25.7 Å². The van der Waals surface area contributed by atoms with Crippen molar-refractivity contribution in [1.29, 1.82) is 0 Å². The van der Waals surface area contributed by atoms with Crippen molar-refractivity contribution >= 4 is 12.4 Å². The summed E-state index contributed by atoms with van der Waals surface area (Å²) in [7, 11) is 0. The third kappa shape index (κ3) is 3.79. The molecular weight excluding hydrogens is 192 g/mol. The minimum atomic E-state index is -0.683. The highest BCUT2D eigenvalue weighted by atomic mass is 35.5. The first-order valence-electron chi connectivity index (χ1n) is 4.56. The first kappa shape index (κ1) is 13.1. The maximum Gasteiger partial charge on any atom is 0.133 e. The zero-order chi connectivity index (χ0) is 8.97. The van der Waals surface area contributed by atoms with Crippen molar-refractivity contribution in [2.75, 3.05) is 26.2 Å². The van der Waals surface area contributed by atoms with Crippen molar-refractivity contribution in [1.82, 2.24) is 10.2 Å². The van der Waals surface area contributed by atoms with Crippen LogP contribution >= 0.6 is 12.4 Å². The Balaban J connectivity index is 0.00000144. The molecule has 0 saturated carbocycles. The van der Waals surface area contributed by atoms with Gasteiger partial charge >= 0.3 is 0 Å². The smallest absolute Gasteiger partial charge is 0.133 e. The van der Waals surface area contributed by atoms with Crippen LogP contribution in [0.15, 0.2) is 0 Å². The topological polar surface area (TPSA) is 55.7 Å². The molecule has 2 unspecified atom stereocenters. The standard InChI is InChI=1S/C8H18N2O2.ClH/c1-2-7(11)8(12)10-5-3-9-4-6-10;/h7-9,11-12H,2-6H2,1H3;1H. The molecule has 1 fully saturated rings. The van der Waals surface area contributed by atoms with Gasteiger partial charge in [-0.2, -0.15) is 0 Å². The monoisotopic (exact) mass is 210 g/mol. The average Bonchev–Trinajstić information content (AvgIpc) is 2.17. The van der Waals surface area contributed by atoms with Gasteiger partial charge in [0.15, 0.2) is 0 Å². The molecule has 1 aliphatic rings. The molecule has 4 nitrogen and oxygen atoms in total. The van der Waals surface area contributed by atoms with Crippen molar-refractivity contribution in [3.05, 3.63) is 0 Å². The molecule has 80 valence electrons. The number of nitrogens with one attached hydrogen (secondary N) is 1. The Morgan fingerprint density at radius 3 is 2.31 bits per heavy atom. The molecular formula is C8H19ClN2O2. The molecule has 0 aromatic heterocycles. The van der Waals surface area contributed by atoms with E-state index in [0.717, 1.165) is 26.2 Å². The summed E-state index contributed by atoms with van der Waals surface area (Å²) in [4.78, 5) is 1.91. The van der Waals surface area contributed by atoms with E-state index >= 15 is 0 Å². The molecule has 1 aliphatic heterocycles. The van der Waals surface area contributed by atoms with E-state index in [1.54, 1.807) is 0 Å². The van der Waals surface area contributed by atoms with Gasteiger partial charge in [0, 0.05) is 26.2 Å². The number of aliphatic hydroxyl groups is 2. The second-order valence-corrected chi connectivity index (χ2v) is 3.18. The Labute approximate surface area is 85.3 Å². The van der Waals surface area contributed by atoms with Crippen LogP contribution in [0.1, 0.15) is 13.3 Å². The lowest BCUT2D eigenvalue weighted by Gasteiger charge is -2.33. The number of hydrogen-bond acceptors (Lipinski definition) is 4. The predicted molar refractivity (Wildman–Crippen MR) is 54.0 cm³/mol. The van der Waals surface area contributed by atoms with E-state index < -0.39 is 12.3 Å². The molecule has 0 aliphatic carbocycles. The van der Waals surface area contributed by atoms with E-state index in [1.165, 1.54) is 0 Å². The summed E-state index contributed by atoms with van der Waals surface area (Å²) in [5.74, 6) is 0. The predicted octanol–water partition coefficient (Wildman–Crippen LogP) is -0.597. The highest BCUT2D eigenvalue weighted by Crippen LogP contribution is 2.05. The molecule has 13 heavy (non-hydrogen) atoms. The molecule has 0 amide bonds. The van der Waals surface area contributed by atoms with E-state index in [-0.39, 0.29) is 12.4 Å². The third-order valence-corrected chi connectivity index (χ3v) is 2.29. The molecule has 0 radical (unpaired) electrons. The fraction of sp³-hybridized carbons (Fsp3) is 1.00. The molecule has 0 bridgehead atoms. The molecule has 0 spiro atoms. The van der Waals surface area contributed by atoms with Gasteiger partial charge in [0.25, 0.3) is 0 Å². The van der Waals surface area contributed by atoms with Crippen LogP contribution in [0.3, 0.4) is 0 Å². The van der Waals surface area contributed by atoms with Gasteiger partial charge in [0.1, 0.15) is 6.23 Å². The lowest BCUT2D eigenvalue weighted by Crippen LogP contribution is -2.52. The van der Waals surface area contributed by atoms with Crippen molar-refractivity contribution in [2.24, 2.45) is 0 Å². The maximum atomic E-state index is 9.59. The second kappa shape index (κ2) is 6.56. The van der Waals surface area contributed by atoms with Crippen LogP contribution in [-0.4, -0.2) is 53.6 Å². The third-order valence-electron chi connectivity index (χ3n) is 2.29. The average molecular weight is 211 g/mol. The fourth-order valence-corrected chi connectivity index (χ4v) is 1.40. The van der Waals surface area contributed by atoms with Crippen molar-refractivity contribution in [3.63, 3.8) is 0 Å². The molecule has 1 saturated heterocycles. The summed E-state index contributed by atoms with van der Waals surface area (Å²) < 4.78 is 0. The first-order valence-corrected chi connectivity index (χ1v) is 4.56. The molecule has 2 atom stereocenters. The lowest BCUT2D eigenvalue weighted by atomic mass is 10.2. The molecule has 0 aromatic rings. The van der Waals surface area contributed by atoms with Gasteiger partial charge in [-0.15, -0.1) is 12.4 Å². The Morgan fingerprint density at radius 2 is 1.85 bits per heavy atom. The van der Waals surface area contributed by atoms with E-state index in [1.807, 2.05) is 11.8 Å². The number of halogens is 1. The van der Waals surface area contributed by atoms with E-state index in [2.05, 4.69) is 5.32 Å². The van der Waals surface area contributed by atoms with E-state index in [0.29, 0.717) is 6.42 Å². The highest BCUT2D eigenvalue weighted by Gasteiger charge is 2.23. The van der Waals surface area contributed by atoms with Gasteiger partial charge in [-0.25, -0.2) is 0 Å². The van der Waals surface area contributed by atoms with Crippen molar-refractivity contribution in [3.8, 4) is 0 Å². The Morgan fingerprint density at radius 1 is 1.31 bits per heavy atom.